The highest BCUT2D eigenvalue weighted by molar-refractivity contribution is 5.72. The molecule has 0 aliphatic carbocycles. The molecular formula is C56H94NO7+. The average Bonchev–Trinajstić information content (AvgIpc) is 3.26. The first-order chi connectivity index (χ1) is 31.1. The Morgan fingerprint density at radius 2 is 0.844 bits per heavy atom. The van der Waals surface area contributed by atoms with Crippen molar-refractivity contribution in [2.45, 2.75) is 199 Å². The van der Waals surface area contributed by atoms with Gasteiger partial charge in [-0.05, 0) is 83.5 Å². The Bertz CT molecular complexity index is 1360. The van der Waals surface area contributed by atoms with Crippen molar-refractivity contribution < 1.29 is 38.2 Å². The van der Waals surface area contributed by atoms with E-state index in [0.29, 0.717) is 19.3 Å². The van der Waals surface area contributed by atoms with Gasteiger partial charge in [0.15, 0.2) is 12.1 Å². The minimum Gasteiger partial charge on any atom is -0.477 e. The third kappa shape index (κ3) is 43.5. The van der Waals surface area contributed by atoms with Crippen LogP contribution in [0.15, 0.2) is 97.2 Å². The van der Waals surface area contributed by atoms with Crippen molar-refractivity contribution >= 4 is 17.9 Å². The average molecular weight is 893 g/mol. The van der Waals surface area contributed by atoms with Gasteiger partial charge in [-0.3, -0.25) is 9.59 Å². The number of hydrogen-bond donors (Lipinski definition) is 1. The molecule has 0 aliphatic rings. The van der Waals surface area contributed by atoms with Crippen LogP contribution in [0, 0.1) is 0 Å². The van der Waals surface area contributed by atoms with Crippen LogP contribution in [0.5, 0.6) is 0 Å². The lowest BCUT2D eigenvalue weighted by Gasteiger charge is -2.31. The monoisotopic (exact) mass is 893 g/mol. The molecule has 364 valence electrons. The maximum atomic E-state index is 12.8. The van der Waals surface area contributed by atoms with E-state index in [9.17, 15) is 19.5 Å². The number of carboxylic acid groups (broad SMARTS) is 1. The van der Waals surface area contributed by atoms with Crippen LogP contribution in [0.2, 0.25) is 0 Å². The number of nitrogens with zero attached hydrogens (tertiary/aromatic N) is 1. The second kappa shape index (κ2) is 45.8. The second-order valence-corrected chi connectivity index (χ2v) is 17.7. The first-order valence-corrected chi connectivity index (χ1v) is 25.3. The smallest absolute Gasteiger partial charge is 0.362 e. The van der Waals surface area contributed by atoms with Crippen LogP contribution >= 0.6 is 0 Å². The maximum absolute atomic E-state index is 12.8. The van der Waals surface area contributed by atoms with E-state index < -0.39 is 18.1 Å². The Hall–Kier alpha value is -3.75. The molecule has 0 aromatic heterocycles. The molecule has 0 aromatic rings. The summed E-state index contributed by atoms with van der Waals surface area (Å²) in [6.45, 7) is 4.45. The number of carboxylic acids is 1. The van der Waals surface area contributed by atoms with E-state index in [0.717, 1.165) is 77.0 Å². The number of allylic oxidation sites excluding steroid dienone is 16. The molecule has 0 bridgehead atoms. The minimum atomic E-state index is -0.885. The van der Waals surface area contributed by atoms with Gasteiger partial charge in [-0.2, -0.15) is 0 Å². The van der Waals surface area contributed by atoms with Gasteiger partial charge in [0, 0.05) is 19.3 Å². The molecule has 0 saturated heterocycles. The topological polar surface area (TPSA) is 99.1 Å². The van der Waals surface area contributed by atoms with Gasteiger partial charge >= 0.3 is 17.9 Å². The predicted molar refractivity (Wildman–Crippen MR) is 270 cm³/mol. The highest BCUT2D eigenvalue weighted by Gasteiger charge is 2.31. The van der Waals surface area contributed by atoms with Gasteiger partial charge in [0.25, 0.3) is 0 Å². The minimum absolute atomic E-state index is 0.0380. The molecule has 2 atom stereocenters. The Labute approximate surface area is 392 Å². The number of esters is 2. The van der Waals surface area contributed by atoms with Crippen LogP contribution in [0.3, 0.4) is 0 Å². The number of likely N-dealkylation sites (N-methyl/N-ethyl adjacent to an activating group) is 1. The zero-order valence-corrected chi connectivity index (χ0v) is 41.4. The molecule has 0 spiro atoms. The van der Waals surface area contributed by atoms with Crippen LogP contribution in [-0.2, 0) is 28.6 Å². The fourth-order valence-corrected chi connectivity index (χ4v) is 6.91. The molecule has 8 nitrogen and oxygen atoms in total. The quantitative estimate of drug-likeness (QED) is 0.0281. The highest BCUT2D eigenvalue weighted by atomic mass is 16.6. The Balaban J connectivity index is 4.31. The Morgan fingerprint density at radius 1 is 0.469 bits per heavy atom. The molecule has 0 aliphatic heterocycles. The summed E-state index contributed by atoms with van der Waals surface area (Å²) in [4.78, 5) is 37.1. The van der Waals surface area contributed by atoms with Gasteiger partial charge in [0.05, 0.1) is 34.4 Å². The zero-order chi connectivity index (χ0) is 47.0. The van der Waals surface area contributed by atoms with Gasteiger partial charge < -0.3 is 23.8 Å². The van der Waals surface area contributed by atoms with E-state index in [1.54, 1.807) is 0 Å². The van der Waals surface area contributed by atoms with E-state index in [1.165, 1.54) is 70.6 Å². The van der Waals surface area contributed by atoms with Crippen molar-refractivity contribution in [3.8, 4) is 0 Å². The van der Waals surface area contributed by atoms with Gasteiger partial charge in [0.1, 0.15) is 6.61 Å². The number of unbranched alkanes of at least 4 members (excludes halogenated alkanes) is 14. The number of quaternary nitrogens is 1. The molecule has 0 rings (SSSR count). The summed E-state index contributed by atoms with van der Waals surface area (Å²) < 4.78 is 17.3. The van der Waals surface area contributed by atoms with E-state index in [2.05, 4.69) is 111 Å². The molecule has 2 unspecified atom stereocenters. The van der Waals surface area contributed by atoms with Crippen LogP contribution in [0.1, 0.15) is 187 Å². The second-order valence-electron chi connectivity index (χ2n) is 17.7. The predicted octanol–water partition coefficient (Wildman–Crippen LogP) is 14.6. The summed E-state index contributed by atoms with van der Waals surface area (Å²) >= 11 is 0. The van der Waals surface area contributed by atoms with E-state index in [1.807, 2.05) is 21.1 Å². The van der Waals surface area contributed by atoms with Gasteiger partial charge in [-0.1, -0.05) is 182 Å². The fraction of sp³-hybridized carbons (Fsp3) is 0.661. The highest BCUT2D eigenvalue weighted by Crippen LogP contribution is 2.15. The van der Waals surface area contributed by atoms with Gasteiger partial charge in [-0.25, -0.2) is 4.79 Å². The van der Waals surface area contributed by atoms with Crippen molar-refractivity contribution in [1.82, 2.24) is 0 Å². The van der Waals surface area contributed by atoms with Crippen LogP contribution in [-0.4, -0.2) is 80.6 Å². The number of rotatable bonds is 44. The summed E-state index contributed by atoms with van der Waals surface area (Å²) in [5.41, 5.74) is 0. The number of hydrogen-bond acceptors (Lipinski definition) is 6. The molecule has 0 fully saturated rings. The molecule has 0 aromatic carbocycles. The molecular weight excluding hydrogens is 799 g/mol. The number of carbonyl (C=O) groups excluding carboxylic acids is 2. The molecule has 0 radical (unpaired) electrons. The summed E-state index contributed by atoms with van der Waals surface area (Å²) in [5.74, 6) is -1.55. The Kier molecular flexibility index (Phi) is 43.1. The SMILES string of the molecule is CC/C=C/C/C=C/C/C=C/C/C=C/C/C=C/CCCC(=O)OCC(COCCC(C(=O)O)[N+](C)(C)C)OC(=O)CCCCCCCCCCCCCCC/C=C/C/C=C/C/C=C/CC. The lowest BCUT2D eigenvalue weighted by atomic mass is 10.0. The molecule has 1 N–H and O–H groups in total. The standard InChI is InChI=1S/C56H93NO7/c1-6-8-10-12-14-16-18-20-22-24-25-26-27-28-29-31-33-35-37-39-41-43-45-47-55(59)64-52(50-62-49-48-53(56(60)61)57(3,4)5)51-63-54(58)46-44-42-40-38-36-34-32-30-23-21-19-17-15-13-11-9-7-2/h8-11,14-17,20-23,32,34,38,40,52-53H,6-7,12-13,18-19,24-31,33,35-37,39,41-51H2,1-5H3/p+1/b10-8+,11-9+,16-14+,17-15+,22-20+,23-21+,34-32+,40-38+. The van der Waals surface area contributed by atoms with E-state index in [-0.39, 0.29) is 42.7 Å². The van der Waals surface area contributed by atoms with Crippen molar-refractivity contribution in [3.63, 3.8) is 0 Å². The number of aliphatic carboxylic acids is 1. The maximum Gasteiger partial charge on any atom is 0.362 e. The van der Waals surface area contributed by atoms with Crippen molar-refractivity contribution in [2.75, 3.05) is 41.0 Å². The van der Waals surface area contributed by atoms with Crippen molar-refractivity contribution in [2.24, 2.45) is 0 Å². The molecule has 8 heteroatoms. The van der Waals surface area contributed by atoms with Gasteiger partial charge in [-0.15, -0.1) is 0 Å². The summed E-state index contributed by atoms with van der Waals surface area (Å²) in [5, 5.41) is 9.65. The summed E-state index contributed by atoms with van der Waals surface area (Å²) in [6.07, 6.45) is 61.8. The lowest BCUT2D eigenvalue weighted by Crippen LogP contribution is -2.50. The van der Waals surface area contributed by atoms with E-state index >= 15 is 0 Å². The first kappa shape index (κ1) is 60.2. The molecule has 0 saturated carbocycles. The lowest BCUT2D eigenvalue weighted by molar-refractivity contribution is -0.887. The first-order valence-electron chi connectivity index (χ1n) is 25.3. The fourth-order valence-electron chi connectivity index (χ4n) is 6.91. The third-order valence-corrected chi connectivity index (χ3v) is 10.7. The largest absolute Gasteiger partial charge is 0.477 e. The van der Waals surface area contributed by atoms with Crippen LogP contribution < -0.4 is 0 Å². The van der Waals surface area contributed by atoms with E-state index in [4.69, 9.17) is 14.2 Å². The Morgan fingerprint density at radius 3 is 1.27 bits per heavy atom. The molecule has 0 amide bonds. The summed E-state index contributed by atoms with van der Waals surface area (Å²) in [6, 6.07) is -0.629. The van der Waals surface area contributed by atoms with Gasteiger partial charge in [0.2, 0.25) is 0 Å². The number of carbonyl (C=O) groups is 3. The van der Waals surface area contributed by atoms with Crippen molar-refractivity contribution in [3.05, 3.63) is 97.2 Å². The van der Waals surface area contributed by atoms with Crippen molar-refractivity contribution in [1.29, 1.82) is 0 Å². The zero-order valence-electron chi connectivity index (χ0n) is 41.4. The third-order valence-electron chi connectivity index (χ3n) is 10.7. The molecule has 0 heterocycles. The van der Waals surface area contributed by atoms with Crippen LogP contribution in [0.4, 0.5) is 0 Å². The van der Waals surface area contributed by atoms with Crippen LogP contribution in [0.25, 0.3) is 0 Å². The summed E-state index contributed by atoms with van der Waals surface area (Å²) in [7, 11) is 5.51. The normalized spacial score (nSPS) is 13.7. The number of ether oxygens (including phenoxy) is 3. The molecule has 64 heavy (non-hydrogen) atoms.